The normalized spacial score (nSPS) is 14.6. The van der Waals surface area contributed by atoms with Gasteiger partial charge in [-0.05, 0) is 61.7 Å². The first kappa shape index (κ1) is 19.0. The number of carbonyl (C=O) groups is 1. The lowest BCUT2D eigenvalue weighted by molar-refractivity contribution is -0.126. The fraction of sp³-hybridized carbons (Fsp3) is 0.348. The van der Waals surface area contributed by atoms with E-state index in [4.69, 9.17) is 4.74 Å². The molecule has 4 heteroatoms. The Hall–Kier alpha value is -2.75. The minimum Gasteiger partial charge on any atom is -0.494 e. The Bertz CT molecular complexity index is 804. The molecule has 3 rings (SSSR count). The summed E-state index contributed by atoms with van der Waals surface area (Å²) in [5, 5.41) is 0. The van der Waals surface area contributed by atoms with Crippen molar-refractivity contribution < 1.29 is 9.53 Å². The van der Waals surface area contributed by atoms with E-state index >= 15 is 0 Å². The van der Waals surface area contributed by atoms with Gasteiger partial charge < -0.3 is 14.5 Å². The number of amides is 1. The molecule has 0 aromatic heterocycles. The SMILES string of the molecule is CCOc1ccc(C=CC(=O)N2CCN(c3cccc(C)c3C)CC2)cc1. The van der Waals surface area contributed by atoms with Crippen LogP contribution in [0.3, 0.4) is 0 Å². The van der Waals surface area contributed by atoms with Crippen LogP contribution < -0.4 is 9.64 Å². The van der Waals surface area contributed by atoms with Crippen molar-refractivity contribution in [1.82, 2.24) is 4.90 Å². The minimum atomic E-state index is 0.0736. The largest absolute Gasteiger partial charge is 0.494 e. The second-order valence-corrected chi connectivity index (χ2v) is 6.87. The molecular formula is C23H28N2O2. The first-order valence-electron chi connectivity index (χ1n) is 9.59. The Morgan fingerprint density at radius 2 is 1.74 bits per heavy atom. The van der Waals surface area contributed by atoms with Gasteiger partial charge in [0.1, 0.15) is 5.75 Å². The van der Waals surface area contributed by atoms with Crippen LogP contribution in [0, 0.1) is 13.8 Å². The first-order valence-corrected chi connectivity index (χ1v) is 9.59. The van der Waals surface area contributed by atoms with Crippen LogP contribution in [0.1, 0.15) is 23.6 Å². The van der Waals surface area contributed by atoms with E-state index < -0.39 is 0 Å². The molecule has 0 unspecified atom stereocenters. The van der Waals surface area contributed by atoms with E-state index in [2.05, 4.69) is 36.9 Å². The van der Waals surface area contributed by atoms with Crippen molar-refractivity contribution >= 4 is 17.7 Å². The molecule has 1 amide bonds. The van der Waals surface area contributed by atoms with Crippen LogP contribution in [0.5, 0.6) is 5.75 Å². The van der Waals surface area contributed by atoms with Crippen LogP contribution in [0.15, 0.2) is 48.5 Å². The molecular weight excluding hydrogens is 336 g/mol. The smallest absolute Gasteiger partial charge is 0.246 e. The van der Waals surface area contributed by atoms with E-state index in [9.17, 15) is 4.79 Å². The molecule has 0 aliphatic carbocycles. The zero-order valence-electron chi connectivity index (χ0n) is 16.4. The van der Waals surface area contributed by atoms with Gasteiger partial charge in [0.25, 0.3) is 0 Å². The van der Waals surface area contributed by atoms with Crippen LogP contribution in [0.25, 0.3) is 6.08 Å². The number of aryl methyl sites for hydroxylation is 1. The van der Waals surface area contributed by atoms with E-state index in [1.54, 1.807) is 6.08 Å². The molecule has 2 aromatic carbocycles. The van der Waals surface area contributed by atoms with Crippen molar-refractivity contribution in [1.29, 1.82) is 0 Å². The molecule has 0 spiro atoms. The average molecular weight is 364 g/mol. The summed E-state index contributed by atoms with van der Waals surface area (Å²) in [6.07, 6.45) is 3.54. The maximum Gasteiger partial charge on any atom is 0.246 e. The summed E-state index contributed by atoms with van der Waals surface area (Å²) >= 11 is 0. The first-order chi connectivity index (χ1) is 13.1. The van der Waals surface area contributed by atoms with Crippen LogP contribution in [0.2, 0.25) is 0 Å². The van der Waals surface area contributed by atoms with Gasteiger partial charge in [0.2, 0.25) is 5.91 Å². The summed E-state index contributed by atoms with van der Waals surface area (Å²) in [7, 11) is 0. The van der Waals surface area contributed by atoms with E-state index in [0.29, 0.717) is 6.61 Å². The van der Waals surface area contributed by atoms with Gasteiger partial charge in [-0.2, -0.15) is 0 Å². The third-order valence-corrected chi connectivity index (χ3v) is 5.12. The van der Waals surface area contributed by atoms with Gasteiger partial charge in [0.05, 0.1) is 6.61 Å². The molecule has 1 aliphatic rings. The second-order valence-electron chi connectivity index (χ2n) is 6.87. The lowest BCUT2D eigenvalue weighted by atomic mass is 10.1. The number of hydrogen-bond donors (Lipinski definition) is 0. The molecule has 0 saturated carbocycles. The summed E-state index contributed by atoms with van der Waals surface area (Å²) in [4.78, 5) is 16.8. The molecule has 1 saturated heterocycles. The summed E-state index contributed by atoms with van der Waals surface area (Å²) in [5.74, 6) is 0.924. The highest BCUT2D eigenvalue weighted by Gasteiger charge is 2.20. The van der Waals surface area contributed by atoms with E-state index in [-0.39, 0.29) is 5.91 Å². The molecule has 142 valence electrons. The standard InChI is InChI=1S/C23H28N2O2/c1-4-27-21-11-8-20(9-12-21)10-13-23(26)25-16-14-24(15-17-25)22-7-5-6-18(2)19(22)3/h5-13H,4,14-17H2,1-3H3. The van der Waals surface area contributed by atoms with Gasteiger partial charge in [-0.1, -0.05) is 24.3 Å². The summed E-state index contributed by atoms with van der Waals surface area (Å²) in [5.41, 5.74) is 4.92. The number of piperazine rings is 1. The second kappa shape index (κ2) is 8.76. The molecule has 0 radical (unpaired) electrons. The third kappa shape index (κ3) is 4.70. The van der Waals surface area contributed by atoms with Gasteiger partial charge in [-0.25, -0.2) is 0 Å². The van der Waals surface area contributed by atoms with E-state index in [1.807, 2.05) is 42.2 Å². The Kier molecular flexibility index (Phi) is 6.17. The molecule has 2 aromatic rings. The van der Waals surface area contributed by atoms with Crippen molar-refractivity contribution in [3.8, 4) is 5.75 Å². The third-order valence-electron chi connectivity index (χ3n) is 5.12. The highest BCUT2D eigenvalue weighted by molar-refractivity contribution is 5.92. The summed E-state index contributed by atoms with van der Waals surface area (Å²) < 4.78 is 5.44. The molecule has 1 heterocycles. The monoisotopic (exact) mass is 364 g/mol. The zero-order valence-corrected chi connectivity index (χ0v) is 16.4. The number of rotatable bonds is 5. The number of hydrogen-bond acceptors (Lipinski definition) is 3. The van der Waals surface area contributed by atoms with Gasteiger partial charge in [-0.3, -0.25) is 4.79 Å². The maximum atomic E-state index is 12.5. The van der Waals surface area contributed by atoms with Gasteiger partial charge in [0, 0.05) is 37.9 Å². The fourth-order valence-corrected chi connectivity index (χ4v) is 3.36. The molecule has 1 fully saturated rings. The van der Waals surface area contributed by atoms with Gasteiger partial charge >= 0.3 is 0 Å². The highest BCUT2D eigenvalue weighted by Crippen LogP contribution is 2.24. The number of benzene rings is 2. The fourth-order valence-electron chi connectivity index (χ4n) is 3.36. The van der Waals surface area contributed by atoms with Gasteiger partial charge in [-0.15, -0.1) is 0 Å². The van der Waals surface area contributed by atoms with Crippen LogP contribution in [0.4, 0.5) is 5.69 Å². The van der Waals surface area contributed by atoms with Crippen molar-refractivity contribution in [2.24, 2.45) is 0 Å². The van der Waals surface area contributed by atoms with Crippen LogP contribution >= 0.6 is 0 Å². The Labute approximate surface area is 162 Å². The summed E-state index contributed by atoms with van der Waals surface area (Å²) in [6.45, 7) is 10.2. The maximum absolute atomic E-state index is 12.5. The Morgan fingerprint density at radius 3 is 2.41 bits per heavy atom. The van der Waals surface area contributed by atoms with Crippen molar-refractivity contribution in [3.05, 3.63) is 65.2 Å². The zero-order chi connectivity index (χ0) is 19.2. The molecule has 4 nitrogen and oxygen atoms in total. The predicted molar refractivity (Wildman–Crippen MR) is 111 cm³/mol. The van der Waals surface area contributed by atoms with Crippen molar-refractivity contribution in [2.75, 3.05) is 37.7 Å². The Balaban J connectivity index is 1.56. The Morgan fingerprint density at radius 1 is 1.04 bits per heavy atom. The molecule has 27 heavy (non-hydrogen) atoms. The predicted octanol–water partition coefficient (Wildman–Crippen LogP) is 4.06. The lowest BCUT2D eigenvalue weighted by Crippen LogP contribution is -2.48. The minimum absolute atomic E-state index is 0.0736. The number of nitrogens with zero attached hydrogens (tertiary/aromatic N) is 2. The summed E-state index contributed by atoms with van der Waals surface area (Å²) in [6, 6.07) is 14.2. The van der Waals surface area contributed by atoms with Crippen LogP contribution in [-0.2, 0) is 4.79 Å². The topological polar surface area (TPSA) is 32.8 Å². The van der Waals surface area contributed by atoms with E-state index in [1.165, 1.54) is 16.8 Å². The number of ether oxygens (including phenoxy) is 1. The lowest BCUT2D eigenvalue weighted by Gasteiger charge is -2.36. The molecule has 0 atom stereocenters. The molecule has 1 aliphatic heterocycles. The van der Waals surface area contributed by atoms with Gasteiger partial charge in [0.15, 0.2) is 0 Å². The molecule has 0 N–H and O–H groups in total. The number of carbonyl (C=O) groups excluding carboxylic acids is 1. The van der Waals surface area contributed by atoms with Crippen molar-refractivity contribution in [3.63, 3.8) is 0 Å². The highest BCUT2D eigenvalue weighted by atomic mass is 16.5. The van der Waals surface area contributed by atoms with E-state index in [0.717, 1.165) is 37.5 Å². The molecule has 0 bridgehead atoms. The van der Waals surface area contributed by atoms with Crippen LogP contribution in [-0.4, -0.2) is 43.6 Å². The number of anilines is 1. The quantitative estimate of drug-likeness (QED) is 0.750. The average Bonchev–Trinajstić information content (AvgIpc) is 2.70. The van der Waals surface area contributed by atoms with Crippen molar-refractivity contribution in [2.45, 2.75) is 20.8 Å².